The number of hydrogen-bond donors (Lipinski definition) is 1. The number of imidazole rings is 1. The topological polar surface area (TPSA) is 100 Å². The van der Waals surface area contributed by atoms with E-state index >= 15 is 0 Å². The zero-order chi connectivity index (χ0) is 22.2. The summed E-state index contributed by atoms with van der Waals surface area (Å²) in [6.45, 7) is 0.562. The lowest BCUT2D eigenvalue weighted by Crippen LogP contribution is -2.07. The van der Waals surface area contributed by atoms with Crippen LogP contribution >= 0.6 is 11.3 Å². The molecule has 1 unspecified atom stereocenters. The Balaban J connectivity index is 1.56. The Labute approximate surface area is 190 Å². The van der Waals surface area contributed by atoms with Gasteiger partial charge in [-0.15, -0.1) is 11.3 Å². The van der Waals surface area contributed by atoms with Crippen molar-refractivity contribution in [1.82, 2.24) is 14.5 Å². The maximum absolute atomic E-state index is 13.4. The molecule has 0 aliphatic carbocycles. The highest BCUT2D eigenvalue weighted by atomic mass is 32.2. The van der Waals surface area contributed by atoms with Crippen molar-refractivity contribution in [2.24, 2.45) is 0 Å². The molecule has 0 spiro atoms. The van der Waals surface area contributed by atoms with Gasteiger partial charge < -0.3 is 19.0 Å². The molecule has 7 nitrogen and oxygen atoms in total. The number of fused-ring (bicyclic) bond motifs is 2. The molecule has 0 saturated heterocycles. The van der Waals surface area contributed by atoms with Crippen LogP contribution in [0, 0.1) is 0 Å². The number of ether oxygens (including phenoxy) is 1. The number of carbonyl (C=O) groups is 1. The lowest BCUT2D eigenvalue weighted by Gasteiger charge is -2.11. The van der Waals surface area contributed by atoms with E-state index in [1.54, 1.807) is 43.0 Å². The molecular formula is C23H17N3O4S2. The molecule has 0 bridgehead atoms. The Morgan fingerprint density at radius 2 is 2.12 bits per heavy atom. The minimum absolute atomic E-state index is 0.0792. The average Bonchev–Trinajstić information content (AvgIpc) is 3.40. The lowest BCUT2D eigenvalue weighted by molar-refractivity contribution is 0.0698. The van der Waals surface area contributed by atoms with E-state index in [0.29, 0.717) is 27.5 Å². The number of carboxylic acid groups (broad SMARTS) is 1. The first-order valence-electron chi connectivity index (χ1n) is 9.64. The van der Waals surface area contributed by atoms with Gasteiger partial charge in [-0.1, -0.05) is 12.1 Å². The van der Waals surface area contributed by atoms with E-state index in [-0.39, 0.29) is 4.88 Å². The number of pyridine rings is 1. The fraction of sp³-hybridized carbons (Fsp3) is 0.0870. The second kappa shape index (κ2) is 8.27. The summed E-state index contributed by atoms with van der Waals surface area (Å²) >= 11 is -0.531. The smallest absolute Gasteiger partial charge is 0.351 e. The zero-order valence-corrected chi connectivity index (χ0v) is 18.5. The Hall–Kier alpha value is -3.40. The first-order chi connectivity index (χ1) is 15.5. The van der Waals surface area contributed by atoms with Crippen molar-refractivity contribution in [3.63, 3.8) is 0 Å². The number of rotatable bonds is 6. The van der Waals surface area contributed by atoms with Crippen LogP contribution in [-0.2, 0) is 17.7 Å². The number of carboxylic acids is 1. The summed E-state index contributed by atoms with van der Waals surface area (Å²) in [5.41, 5.74) is 2.77. The van der Waals surface area contributed by atoms with Crippen molar-refractivity contribution in [2.75, 3.05) is 7.11 Å². The minimum Gasteiger partial charge on any atom is -0.606 e. The molecule has 0 aliphatic rings. The Morgan fingerprint density at radius 3 is 2.94 bits per heavy atom. The van der Waals surface area contributed by atoms with Crippen LogP contribution in [0.1, 0.15) is 15.2 Å². The summed E-state index contributed by atoms with van der Waals surface area (Å²) in [4.78, 5) is 21.4. The van der Waals surface area contributed by atoms with Crippen molar-refractivity contribution >= 4 is 49.6 Å². The molecule has 32 heavy (non-hydrogen) atoms. The van der Waals surface area contributed by atoms with Crippen LogP contribution < -0.4 is 4.74 Å². The number of aromatic nitrogens is 3. The molecule has 3 heterocycles. The first-order valence-corrected chi connectivity index (χ1v) is 11.6. The number of benzene rings is 2. The molecule has 0 aliphatic heterocycles. The van der Waals surface area contributed by atoms with Crippen LogP contribution in [0.5, 0.6) is 5.75 Å². The van der Waals surface area contributed by atoms with Gasteiger partial charge in [0.1, 0.15) is 5.75 Å². The maximum atomic E-state index is 13.4. The highest BCUT2D eigenvalue weighted by Gasteiger charge is 2.29. The quantitative estimate of drug-likeness (QED) is 0.370. The molecule has 5 rings (SSSR count). The van der Waals surface area contributed by atoms with Crippen LogP contribution in [0.15, 0.2) is 77.0 Å². The third-order valence-electron chi connectivity index (χ3n) is 5.12. The van der Waals surface area contributed by atoms with Crippen LogP contribution in [0.25, 0.3) is 21.1 Å². The van der Waals surface area contributed by atoms with E-state index in [1.165, 1.54) is 7.11 Å². The first kappa shape index (κ1) is 20.5. The summed E-state index contributed by atoms with van der Waals surface area (Å²) in [6, 6.07) is 14.4. The number of thiophene rings is 1. The SMILES string of the molecule is COc1cccc([S+]([O-])c2c(C(=O)O)sc3cc(Cn4cnc5ccncc54)ccc23)c1. The third-order valence-corrected chi connectivity index (χ3v) is 7.87. The molecule has 3 aromatic heterocycles. The highest BCUT2D eigenvalue weighted by Crippen LogP contribution is 2.39. The third kappa shape index (κ3) is 3.60. The average molecular weight is 464 g/mol. The van der Waals surface area contributed by atoms with E-state index in [0.717, 1.165) is 32.6 Å². The molecule has 0 fully saturated rings. The van der Waals surface area contributed by atoms with Crippen molar-refractivity contribution in [3.05, 3.63) is 77.7 Å². The van der Waals surface area contributed by atoms with Crippen LogP contribution in [0.4, 0.5) is 0 Å². The second-order valence-corrected chi connectivity index (χ2v) is 9.55. The summed E-state index contributed by atoms with van der Waals surface area (Å²) in [5.74, 6) is -0.526. The van der Waals surface area contributed by atoms with Gasteiger partial charge in [-0.3, -0.25) is 4.98 Å². The van der Waals surface area contributed by atoms with Gasteiger partial charge in [-0.05, 0) is 35.9 Å². The van der Waals surface area contributed by atoms with E-state index in [1.807, 2.05) is 28.8 Å². The van der Waals surface area contributed by atoms with Crippen LogP contribution in [0.2, 0.25) is 0 Å². The molecular weight excluding hydrogens is 446 g/mol. The number of hydrogen-bond acceptors (Lipinski definition) is 6. The van der Waals surface area contributed by atoms with Gasteiger partial charge >= 0.3 is 5.97 Å². The van der Waals surface area contributed by atoms with E-state index < -0.39 is 17.1 Å². The summed E-state index contributed by atoms with van der Waals surface area (Å²) < 4.78 is 21.4. The minimum atomic E-state index is -1.66. The van der Waals surface area contributed by atoms with Crippen LogP contribution in [0.3, 0.4) is 0 Å². The zero-order valence-electron chi connectivity index (χ0n) is 16.9. The van der Waals surface area contributed by atoms with Crippen molar-refractivity contribution in [2.45, 2.75) is 16.3 Å². The normalized spacial score (nSPS) is 12.3. The van der Waals surface area contributed by atoms with E-state index in [4.69, 9.17) is 4.74 Å². The van der Waals surface area contributed by atoms with Gasteiger partial charge in [0.05, 0.1) is 30.7 Å². The van der Waals surface area contributed by atoms with Crippen LogP contribution in [-0.4, -0.2) is 37.3 Å². The summed E-state index contributed by atoms with van der Waals surface area (Å²) in [5, 5.41) is 10.5. The highest BCUT2D eigenvalue weighted by molar-refractivity contribution is 7.92. The molecule has 9 heteroatoms. The standard InChI is InChI=1S/C23H17N3O4S2/c1-30-15-3-2-4-16(10-15)32(29)22-17-6-5-14(9-20(17)31-21(22)23(27)28)12-26-13-25-18-7-8-24-11-19(18)26/h2-11,13H,12H2,1H3,(H,27,28). The maximum Gasteiger partial charge on any atom is 0.351 e. The second-order valence-electron chi connectivity index (χ2n) is 7.08. The Kier molecular flexibility index (Phi) is 5.30. The Morgan fingerprint density at radius 1 is 1.25 bits per heavy atom. The molecule has 1 atom stereocenters. The van der Waals surface area contributed by atoms with Gasteiger partial charge in [-0.25, -0.2) is 9.78 Å². The summed E-state index contributed by atoms with van der Waals surface area (Å²) in [7, 11) is 1.53. The molecule has 1 N–H and O–H groups in total. The monoisotopic (exact) mass is 463 g/mol. The van der Waals surface area contributed by atoms with E-state index in [9.17, 15) is 14.5 Å². The lowest BCUT2D eigenvalue weighted by atomic mass is 10.1. The predicted molar refractivity (Wildman–Crippen MR) is 123 cm³/mol. The van der Waals surface area contributed by atoms with Gasteiger partial charge in [0, 0.05) is 40.1 Å². The molecule has 2 aromatic carbocycles. The number of methoxy groups -OCH3 is 1. The van der Waals surface area contributed by atoms with E-state index in [2.05, 4.69) is 9.97 Å². The fourth-order valence-corrected chi connectivity index (χ4v) is 6.31. The molecule has 0 amide bonds. The molecule has 160 valence electrons. The van der Waals surface area contributed by atoms with Gasteiger partial charge in [-0.2, -0.15) is 0 Å². The van der Waals surface area contributed by atoms with Crippen molar-refractivity contribution in [1.29, 1.82) is 0 Å². The van der Waals surface area contributed by atoms with Gasteiger partial charge in [0.2, 0.25) is 0 Å². The summed E-state index contributed by atoms with van der Waals surface area (Å²) in [6.07, 6.45) is 5.23. The molecule has 5 aromatic rings. The van der Waals surface area contributed by atoms with Gasteiger partial charge in [0.15, 0.2) is 14.7 Å². The fourth-order valence-electron chi connectivity index (χ4n) is 3.60. The predicted octanol–water partition coefficient (Wildman–Crippen LogP) is 4.57. The van der Waals surface area contributed by atoms with Crippen molar-refractivity contribution in [3.8, 4) is 5.75 Å². The molecule has 0 radical (unpaired) electrons. The molecule has 0 saturated carbocycles. The Bertz CT molecular complexity index is 1460. The number of nitrogens with zero attached hydrogens (tertiary/aromatic N) is 3. The largest absolute Gasteiger partial charge is 0.606 e. The number of aromatic carboxylic acids is 1. The van der Waals surface area contributed by atoms with Crippen molar-refractivity contribution < 1.29 is 19.2 Å². The van der Waals surface area contributed by atoms with Gasteiger partial charge in [0.25, 0.3) is 0 Å².